The molecule has 4 nitrogen and oxygen atoms in total. The summed E-state index contributed by atoms with van der Waals surface area (Å²) in [7, 11) is 0. The van der Waals surface area contributed by atoms with Crippen LogP contribution in [0.2, 0.25) is 0 Å². The maximum Gasteiger partial charge on any atom is 0.258 e. The Balaban J connectivity index is 1.40. The Morgan fingerprint density at radius 1 is 1.11 bits per heavy atom. The van der Waals surface area contributed by atoms with Crippen LogP contribution in [0.15, 0.2) is 48.5 Å². The second-order valence-electron chi connectivity index (χ2n) is 7.27. The van der Waals surface area contributed by atoms with Crippen LogP contribution in [0.3, 0.4) is 0 Å². The largest absolute Gasteiger partial charge is 0.481 e. The topological polar surface area (TPSA) is 41.6 Å². The summed E-state index contributed by atoms with van der Waals surface area (Å²) in [6.45, 7) is 5.87. The molecule has 1 aliphatic heterocycles. The number of ether oxygens (including phenoxy) is 1. The summed E-state index contributed by atoms with van der Waals surface area (Å²) < 4.78 is 18.7. The van der Waals surface area contributed by atoms with Gasteiger partial charge in [-0.25, -0.2) is 4.39 Å². The van der Waals surface area contributed by atoms with Gasteiger partial charge in [0.2, 0.25) is 0 Å². The molecule has 2 aromatic carbocycles. The van der Waals surface area contributed by atoms with Crippen molar-refractivity contribution in [3.8, 4) is 5.75 Å². The van der Waals surface area contributed by atoms with Crippen LogP contribution < -0.4 is 10.1 Å². The molecule has 1 amide bonds. The zero-order valence-electron chi connectivity index (χ0n) is 15.8. The summed E-state index contributed by atoms with van der Waals surface area (Å²) in [5, 5.41) is 2.80. The second-order valence-corrected chi connectivity index (χ2v) is 7.27. The minimum Gasteiger partial charge on any atom is -0.481 e. The first-order valence-electron chi connectivity index (χ1n) is 9.54. The lowest BCUT2D eigenvalue weighted by molar-refractivity contribution is -0.123. The summed E-state index contributed by atoms with van der Waals surface area (Å²) in [4.78, 5) is 14.4. The average molecular weight is 370 g/mol. The highest BCUT2D eigenvalue weighted by Gasteiger charge is 2.15. The number of carbonyl (C=O) groups is 1. The van der Waals surface area contributed by atoms with Crippen molar-refractivity contribution in [1.29, 1.82) is 0 Å². The molecule has 1 N–H and O–H groups in total. The number of amides is 1. The van der Waals surface area contributed by atoms with E-state index in [2.05, 4.69) is 29.3 Å². The van der Waals surface area contributed by atoms with Crippen LogP contribution in [0.25, 0.3) is 0 Å². The van der Waals surface area contributed by atoms with Gasteiger partial charge in [-0.05, 0) is 55.1 Å². The molecular weight excluding hydrogens is 343 g/mol. The summed E-state index contributed by atoms with van der Waals surface area (Å²) in [6.07, 6.45) is 2.55. The van der Waals surface area contributed by atoms with Crippen molar-refractivity contribution < 1.29 is 13.9 Å². The molecule has 0 spiro atoms. The number of para-hydroxylation sites is 1. The van der Waals surface area contributed by atoms with Crippen LogP contribution in [0.5, 0.6) is 5.75 Å². The third kappa shape index (κ3) is 6.07. The standard InChI is InChI=1S/C22H27FN2O2/c1-17-10-12-25(13-11-17)15-19-8-6-18(7-9-19)14-24-22(26)16-27-21-5-3-2-4-20(21)23/h2-9,17H,10-16H2,1H3,(H,24,26). The molecule has 0 unspecified atom stereocenters. The van der Waals surface area contributed by atoms with Crippen molar-refractivity contribution in [1.82, 2.24) is 10.2 Å². The number of hydrogen-bond acceptors (Lipinski definition) is 3. The molecule has 1 fully saturated rings. The van der Waals surface area contributed by atoms with Gasteiger partial charge in [-0.2, -0.15) is 0 Å². The SMILES string of the molecule is CC1CCN(Cc2ccc(CNC(=O)COc3ccccc3F)cc2)CC1. The van der Waals surface area contributed by atoms with Gasteiger partial charge in [-0.3, -0.25) is 9.69 Å². The number of likely N-dealkylation sites (tertiary alicyclic amines) is 1. The fraction of sp³-hybridized carbons (Fsp3) is 0.409. The van der Waals surface area contributed by atoms with Crippen molar-refractivity contribution in [3.63, 3.8) is 0 Å². The van der Waals surface area contributed by atoms with Gasteiger partial charge in [-0.1, -0.05) is 43.3 Å². The van der Waals surface area contributed by atoms with Gasteiger partial charge < -0.3 is 10.1 Å². The number of benzene rings is 2. The van der Waals surface area contributed by atoms with Gasteiger partial charge in [0.05, 0.1) is 0 Å². The van der Waals surface area contributed by atoms with E-state index in [4.69, 9.17) is 4.74 Å². The highest BCUT2D eigenvalue weighted by molar-refractivity contribution is 5.77. The number of halogens is 1. The Morgan fingerprint density at radius 2 is 1.78 bits per heavy atom. The van der Waals surface area contributed by atoms with Crippen LogP contribution in [-0.4, -0.2) is 30.5 Å². The van der Waals surface area contributed by atoms with E-state index in [9.17, 15) is 9.18 Å². The number of piperidine rings is 1. The van der Waals surface area contributed by atoms with Crippen molar-refractivity contribution in [2.24, 2.45) is 5.92 Å². The summed E-state index contributed by atoms with van der Waals surface area (Å²) in [6, 6.07) is 14.4. The number of nitrogens with one attached hydrogen (secondary N) is 1. The number of rotatable bonds is 7. The first-order valence-corrected chi connectivity index (χ1v) is 9.54. The fourth-order valence-electron chi connectivity index (χ4n) is 3.20. The first-order chi connectivity index (χ1) is 13.1. The average Bonchev–Trinajstić information content (AvgIpc) is 2.68. The summed E-state index contributed by atoms with van der Waals surface area (Å²) in [5.41, 5.74) is 2.33. The summed E-state index contributed by atoms with van der Waals surface area (Å²) in [5.74, 6) is 0.188. The van der Waals surface area contributed by atoms with E-state index >= 15 is 0 Å². The minimum absolute atomic E-state index is 0.0871. The maximum absolute atomic E-state index is 13.5. The molecule has 1 heterocycles. The Hall–Kier alpha value is -2.40. The van der Waals surface area contributed by atoms with Crippen LogP contribution in [0.1, 0.15) is 30.9 Å². The summed E-state index contributed by atoms with van der Waals surface area (Å²) >= 11 is 0. The monoisotopic (exact) mass is 370 g/mol. The van der Waals surface area contributed by atoms with E-state index < -0.39 is 5.82 Å². The lowest BCUT2D eigenvalue weighted by atomic mass is 9.99. The third-order valence-electron chi connectivity index (χ3n) is 4.99. The highest BCUT2D eigenvalue weighted by Crippen LogP contribution is 2.18. The fourth-order valence-corrected chi connectivity index (χ4v) is 3.20. The van der Waals surface area contributed by atoms with Gasteiger partial charge in [0, 0.05) is 13.1 Å². The smallest absolute Gasteiger partial charge is 0.258 e. The zero-order valence-corrected chi connectivity index (χ0v) is 15.8. The van der Waals surface area contributed by atoms with Gasteiger partial charge in [0.1, 0.15) is 0 Å². The Bertz CT molecular complexity index is 740. The zero-order chi connectivity index (χ0) is 19.1. The normalized spacial score (nSPS) is 15.5. The number of carbonyl (C=O) groups excluding carboxylic acids is 1. The number of nitrogens with zero attached hydrogens (tertiary/aromatic N) is 1. The van der Waals surface area contributed by atoms with E-state index in [-0.39, 0.29) is 18.3 Å². The van der Waals surface area contributed by atoms with E-state index in [0.29, 0.717) is 6.54 Å². The lowest BCUT2D eigenvalue weighted by Crippen LogP contribution is -2.32. The van der Waals surface area contributed by atoms with E-state index in [1.54, 1.807) is 12.1 Å². The molecule has 1 saturated heterocycles. The van der Waals surface area contributed by atoms with Crippen LogP contribution in [0, 0.1) is 11.7 Å². The van der Waals surface area contributed by atoms with Crippen LogP contribution >= 0.6 is 0 Å². The first kappa shape index (κ1) is 19.4. The van der Waals surface area contributed by atoms with Crippen molar-refractivity contribution in [2.75, 3.05) is 19.7 Å². The Morgan fingerprint density at radius 3 is 2.48 bits per heavy atom. The molecular formula is C22H27FN2O2. The predicted octanol–water partition coefficient (Wildman–Crippen LogP) is 3.75. The van der Waals surface area contributed by atoms with Gasteiger partial charge in [0.25, 0.3) is 5.91 Å². The minimum atomic E-state index is -0.468. The quantitative estimate of drug-likeness (QED) is 0.807. The third-order valence-corrected chi connectivity index (χ3v) is 4.99. The van der Waals surface area contributed by atoms with Gasteiger partial charge in [-0.15, -0.1) is 0 Å². The van der Waals surface area contributed by atoms with E-state index in [1.807, 2.05) is 12.1 Å². The number of hydrogen-bond donors (Lipinski definition) is 1. The second kappa shape index (κ2) is 9.51. The Kier molecular flexibility index (Phi) is 6.82. The molecule has 3 rings (SSSR count). The van der Waals surface area contributed by atoms with Gasteiger partial charge >= 0.3 is 0 Å². The lowest BCUT2D eigenvalue weighted by Gasteiger charge is -2.30. The van der Waals surface area contributed by atoms with Gasteiger partial charge in [0.15, 0.2) is 18.2 Å². The van der Waals surface area contributed by atoms with Crippen molar-refractivity contribution in [3.05, 3.63) is 65.5 Å². The van der Waals surface area contributed by atoms with Crippen molar-refractivity contribution in [2.45, 2.75) is 32.9 Å². The van der Waals surface area contributed by atoms with Crippen molar-refractivity contribution >= 4 is 5.91 Å². The molecule has 0 atom stereocenters. The molecule has 0 aromatic heterocycles. The molecule has 0 bridgehead atoms. The molecule has 144 valence electrons. The Labute approximate surface area is 160 Å². The molecule has 2 aromatic rings. The molecule has 27 heavy (non-hydrogen) atoms. The highest BCUT2D eigenvalue weighted by atomic mass is 19.1. The van der Waals surface area contributed by atoms with E-state index in [1.165, 1.54) is 43.6 Å². The molecule has 0 radical (unpaired) electrons. The molecule has 0 aliphatic carbocycles. The van der Waals surface area contributed by atoms with Crippen LogP contribution in [-0.2, 0) is 17.9 Å². The predicted molar refractivity (Wildman–Crippen MR) is 104 cm³/mol. The van der Waals surface area contributed by atoms with Crippen LogP contribution in [0.4, 0.5) is 4.39 Å². The molecule has 5 heteroatoms. The maximum atomic E-state index is 13.5. The van der Waals surface area contributed by atoms with E-state index in [0.717, 1.165) is 18.0 Å². The molecule has 0 saturated carbocycles. The molecule has 1 aliphatic rings.